The Kier molecular flexibility index (Phi) is 2.28. The fourth-order valence-electron chi connectivity index (χ4n) is 3.67. The van der Waals surface area contributed by atoms with E-state index < -0.39 is 0 Å². The van der Waals surface area contributed by atoms with E-state index in [-0.39, 0.29) is 0 Å². The van der Waals surface area contributed by atoms with E-state index in [0.717, 1.165) is 0 Å². The summed E-state index contributed by atoms with van der Waals surface area (Å²) in [5.74, 6) is 0. The van der Waals surface area contributed by atoms with Crippen LogP contribution >= 0.6 is 0 Å². The molecule has 2 nitrogen and oxygen atoms in total. The predicted octanol–water partition coefficient (Wildman–Crippen LogP) is 2.50. The molecule has 0 aromatic carbocycles. The Labute approximate surface area is 97.5 Å². The lowest BCUT2D eigenvalue weighted by atomic mass is 9.76. The van der Waals surface area contributed by atoms with Gasteiger partial charge in [-0.2, -0.15) is 0 Å². The first-order valence-corrected chi connectivity index (χ1v) is 6.34. The monoisotopic (exact) mass is 216 g/mol. The molecule has 1 unspecified atom stereocenters. The minimum Gasteiger partial charge on any atom is -0.316 e. The van der Waals surface area contributed by atoms with Gasteiger partial charge in [-0.05, 0) is 54.7 Å². The molecule has 1 N–H and O–H groups in total. The van der Waals surface area contributed by atoms with Crippen LogP contribution in [-0.4, -0.2) is 18.1 Å². The van der Waals surface area contributed by atoms with Gasteiger partial charge in [-0.25, -0.2) is 0 Å². The Balaban J connectivity index is 1.86. The Bertz CT molecular complexity index is 368. The molecule has 2 fully saturated rings. The molecule has 1 spiro atoms. The maximum Gasteiger partial charge on any atom is 0.0305 e. The lowest BCUT2D eigenvalue weighted by Crippen LogP contribution is -2.25. The topological polar surface area (TPSA) is 24.9 Å². The van der Waals surface area contributed by atoms with Gasteiger partial charge >= 0.3 is 0 Å². The van der Waals surface area contributed by atoms with Gasteiger partial charge in [0.2, 0.25) is 0 Å². The number of pyridine rings is 1. The summed E-state index contributed by atoms with van der Waals surface area (Å²) >= 11 is 0. The number of rotatable bonds is 1. The van der Waals surface area contributed by atoms with E-state index in [1.807, 2.05) is 6.20 Å². The molecule has 2 heterocycles. The predicted molar refractivity (Wildman–Crippen MR) is 65.4 cm³/mol. The van der Waals surface area contributed by atoms with Crippen LogP contribution in [0.4, 0.5) is 0 Å². The van der Waals surface area contributed by atoms with Gasteiger partial charge in [-0.15, -0.1) is 0 Å². The average molecular weight is 216 g/mol. The summed E-state index contributed by atoms with van der Waals surface area (Å²) in [7, 11) is 0. The second-order valence-corrected chi connectivity index (χ2v) is 5.91. The fourth-order valence-corrected chi connectivity index (χ4v) is 3.67. The maximum atomic E-state index is 4.27. The van der Waals surface area contributed by atoms with Crippen LogP contribution in [0.3, 0.4) is 0 Å². The van der Waals surface area contributed by atoms with E-state index in [4.69, 9.17) is 0 Å². The molecular weight excluding hydrogens is 196 g/mol. The molecule has 1 aliphatic heterocycles. The summed E-state index contributed by atoms with van der Waals surface area (Å²) in [6.07, 6.45) is 9.32. The van der Waals surface area contributed by atoms with Crippen LogP contribution in [0.5, 0.6) is 0 Å². The number of hydrogen-bond acceptors (Lipinski definition) is 2. The lowest BCUT2D eigenvalue weighted by Gasteiger charge is -2.28. The highest BCUT2D eigenvalue weighted by molar-refractivity contribution is 5.24. The molecule has 3 rings (SSSR count). The molecule has 2 heteroatoms. The normalized spacial score (nSPS) is 38.3. The van der Waals surface area contributed by atoms with Crippen molar-refractivity contribution in [2.45, 2.75) is 38.0 Å². The highest BCUT2D eigenvalue weighted by atomic mass is 14.9. The van der Waals surface area contributed by atoms with Crippen LogP contribution < -0.4 is 5.32 Å². The van der Waals surface area contributed by atoms with Crippen molar-refractivity contribution >= 4 is 0 Å². The summed E-state index contributed by atoms with van der Waals surface area (Å²) in [6, 6.07) is 4.31. The van der Waals surface area contributed by atoms with Gasteiger partial charge in [0.1, 0.15) is 0 Å². The fraction of sp³-hybridized carbons (Fsp3) is 0.643. The third-order valence-corrected chi connectivity index (χ3v) is 4.66. The summed E-state index contributed by atoms with van der Waals surface area (Å²) in [4.78, 5) is 4.27. The van der Waals surface area contributed by atoms with Gasteiger partial charge < -0.3 is 5.32 Å². The molecule has 1 aromatic heterocycles. The first kappa shape index (κ1) is 10.3. The summed E-state index contributed by atoms with van der Waals surface area (Å²) in [5, 5.41) is 3.53. The van der Waals surface area contributed by atoms with Gasteiger partial charge in [0.05, 0.1) is 0 Å². The second-order valence-electron chi connectivity index (χ2n) is 5.91. The molecule has 1 saturated carbocycles. The molecular formula is C14H20N2. The molecule has 1 saturated heterocycles. The van der Waals surface area contributed by atoms with Gasteiger partial charge in [-0.3, -0.25) is 4.98 Å². The van der Waals surface area contributed by atoms with E-state index in [1.165, 1.54) is 44.3 Å². The number of nitrogens with one attached hydrogen (secondary N) is 1. The second kappa shape index (κ2) is 3.56. The van der Waals surface area contributed by atoms with E-state index in [0.29, 0.717) is 10.8 Å². The summed E-state index contributed by atoms with van der Waals surface area (Å²) in [5.41, 5.74) is 2.38. The molecule has 2 atom stereocenters. The van der Waals surface area contributed by atoms with E-state index in [9.17, 15) is 0 Å². The van der Waals surface area contributed by atoms with E-state index >= 15 is 0 Å². The third-order valence-electron chi connectivity index (χ3n) is 4.66. The van der Waals surface area contributed by atoms with Crippen molar-refractivity contribution < 1.29 is 0 Å². The minimum atomic E-state index is 0.361. The van der Waals surface area contributed by atoms with Crippen molar-refractivity contribution in [1.82, 2.24) is 10.3 Å². The van der Waals surface area contributed by atoms with E-state index in [2.05, 4.69) is 35.6 Å². The number of hydrogen-bond donors (Lipinski definition) is 1. The van der Waals surface area contributed by atoms with Crippen LogP contribution in [0.1, 0.15) is 38.2 Å². The number of nitrogens with zero attached hydrogens (tertiary/aromatic N) is 1. The molecule has 1 aliphatic carbocycles. The first-order valence-electron chi connectivity index (χ1n) is 6.34. The molecule has 86 valence electrons. The molecule has 16 heavy (non-hydrogen) atoms. The standard InChI is InChI=1S/C14H20N2/c1-13(12-3-2-7-15-9-12)4-5-14(10-13)6-8-16-11-14/h2-3,7,9,16H,4-6,8,10-11H2,1H3/t13-,14?/m0/s1. The number of aromatic nitrogens is 1. The molecule has 0 bridgehead atoms. The highest BCUT2D eigenvalue weighted by Gasteiger charge is 2.47. The molecule has 0 radical (unpaired) electrons. The zero-order valence-electron chi connectivity index (χ0n) is 10.00. The van der Waals surface area contributed by atoms with Crippen LogP contribution in [-0.2, 0) is 5.41 Å². The van der Waals surface area contributed by atoms with E-state index in [1.54, 1.807) is 0 Å². The Morgan fingerprint density at radius 2 is 2.25 bits per heavy atom. The van der Waals surface area contributed by atoms with Crippen LogP contribution in [0.25, 0.3) is 0 Å². The molecule has 0 amide bonds. The largest absolute Gasteiger partial charge is 0.316 e. The lowest BCUT2D eigenvalue weighted by molar-refractivity contribution is 0.310. The Morgan fingerprint density at radius 1 is 1.31 bits per heavy atom. The summed E-state index contributed by atoms with van der Waals surface area (Å²) < 4.78 is 0. The van der Waals surface area contributed by atoms with Crippen molar-refractivity contribution in [1.29, 1.82) is 0 Å². The molecule has 2 aliphatic rings. The van der Waals surface area contributed by atoms with Gasteiger partial charge in [-0.1, -0.05) is 13.0 Å². The molecule has 1 aromatic rings. The Morgan fingerprint density at radius 3 is 2.94 bits per heavy atom. The van der Waals surface area contributed by atoms with Gasteiger partial charge in [0.25, 0.3) is 0 Å². The van der Waals surface area contributed by atoms with Crippen molar-refractivity contribution in [2.75, 3.05) is 13.1 Å². The van der Waals surface area contributed by atoms with Crippen molar-refractivity contribution in [3.63, 3.8) is 0 Å². The van der Waals surface area contributed by atoms with Crippen LogP contribution in [0.2, 0.25) is 0 Å². The van der Waals surface area contributed by atoms with Crippen molar-refractivity contribution in [3.8, 4) is 0 Å². The summed E-state index contributed by atoms with van der Waals surface area (Å²) in [6.45, 7) is 4.85. The third kappa shape index (κ3) is 1.56. The SMILES string of the molecule is C[C@]1(c2cccnc2)CCC2(CCNC2)C1. The quantitative estimate of drug-likeness (QED) is 0.780. The first-order chi connectivity index (χ1) is 7.73. The zero-order chi connectivity index (χ0) is 11.1. The zero-order valence-corrected chi connectivity index (χ0v) is 10.00. The van der Waals surface area contributed by atoms with Crippen molar-refractivity contribution in [2.24, 2.45) is 5.41 Å². The van der Waals surface area contributed by atoms with Gasteiger partial charge in [0, 0.05) is 18.9 Å². The Hall–Kier alpha value is -0.890. The highest BCUT2D eigenvalue weighted by Crippen LogP contribution is 2.53. The van der Waals surface area contributed by atoms with Gasteiger partial charge in [0.15, 0.2) is 0 Å². The van der Waals surface area contributed by atoms with Crippen LogP contribution in [0, 0.1) is 5.41 Å². The van der Waals surface area contributed by atoms with Crippen molar-refractivity contribution in [3.05, 3.63) is 30.1 Å². The van der Waals surface area contributed by atoms with Crippen LogP contribution in [0.15, 0.2) is 24.5 Å². The smallest absolute Gasteiger partial charge is 0.0305 e. The minimum absolute atomic E-state index is 0.361. The maximum absolute atomic E-state index is 4.27. The average Bonchev–Trinajstić information content (AvgIpc) is 2.90.